The van der Waals surface area contributed by atoms with E-state index >= 15 is 0 Å². The van der Waals surface area contributed by atoms with E-state index < -0.39 is 5.97 Å². The Bertz CT molecular complexity index is 918. The highest BCUT2D eigenvalue weighted by molar-refractivity contribution is 6.30. The van der Waals surface area contributed by atoms with Gasteiger partial charge in [-0.1, -0.05) is 52.7 Å². The van der Waals surface area contributed by atoms with Crippen LogP contribution in [0, 0.1) is 13.8 Å². The Morgan fingerprint density at radius 1 is 1.21 bits per heavy atom. The van der Waals surface area contributed by atoms with Gasteiger partial charge in [0.2, 0.25) is 0 Å². The topological polar surface area (TPSA) is 68.0 Å². The largest absolute Gasteiger partial charge is 0.476 e. The summed E-state index contributed by atoms with van der Waals surface area (Å²) in [5, 5.41) is 17.8. The fourth-order valence-electron chi connectivity index (χ4n) is 2.62. The van der Waals surface area contributed by atoms with Crippen molar-refractivity contribution in [1.82, 2.24) is 15.0 Å². The van der Waals surface area contributed by atoms with Gasteiger partial charge in [0.15, 0.2) is 5.69 Å². The lowest BCUT2D eigenvalue weighted by Gasteiger charge is -2.11. The van der Waals surface area contributed by atoms with Gasteiger partial charge in [0.1, 0.15) is 5.69 Å². The second-order valence-electron chi connectivity index (χ2n) is 5.69. The maximum Gasteiger partial charge on any atom is 0.358 e. The minimum absolute atomic E-state index is 0.0810. The molecule has 0 amide bonds. The van der Waals surface area contributed by atoms with Crippen molar-refractivity contribution >= 4 is 17.6 Å². The molecular weight excluding hydrogens is 326 g/mol. The standard InChI is InChI=1S/C18H16ClN3O2/c1-11-6-7-12(2)14(8-11)10-22-17(16(18(23)24)20-21-22)13-4-3-5-15(19)9-13/h3-9H,10H2,1-2H3,(H,23,24). The molecular formula is C18H16ClN3O2. The third kappa shape index (κ3) is 3.16. The van der Waals surface area contributed by atoms with Crippen LogP contribution in [0.25, 0.3) is 11.3 Å². The number of aromatic carboxylic acids is 1. The highest BCUT2D eigenvalue weighted by Gasteiger charge is 2.21. The lowest BCUT2D eigenvalue weighted by Crippen LogP contribution is -2.07. The number of hydrogen-bond acceptors (Lipinski definition) is 3. The van der Waals surface area contributed by atoms with Crippen molar-refractivity contribution in [2.75, 3.05) is 0 Å². The normalized spacial score (nSPS) is 10.8. The van der Waals surface area contributed by atoms with Crippen molar-refractivity contribution in [3.63, 3.8) is 0 Å². The van der Waals surface area contributed by atoms with Crippen molar-refractivity contribution in [2.45, 2.75) is 20.4 Å². The van der Waals surface area contributed by atoms with Gasteiger partial charge in [-0.05, 0) is 37.1 Å². The zero-order valence-corrected chi connectivity index (χ0v) is 14.1. The van der Waals surface area contributed by atoms with Crippen LogP contribution in [0.1, 0.15) is 27.2 Å². The summed E-state index contributed by atoms with van der Waals surface area (Å²) in [6.45, 7) is 4.48. The zero-order chi connectivity index (χ0) is 17.3. The molecule has 0 aliphatic heterocycles. The molecule has 0 radical (unpaired) electrons. The predicted molar refractivity (Wildman–Crippen MR) is 92.4 cm³/mol. The first-order chi connectivity index (χ1) is 11.5. The summed E-state index contributed by atoms with van der Waals surface area (Å²) < 4.78 is 1.61. The summed E-state index contributed by atoms with van der Waals surface area (Å²) >= 11 is 6.05. The smallest absolute Gasteiger partial charge is 0.358 e. The molecule has 1 N–H and O–H groups in total. The molecule has 1 heterocycles. The number of carbonyl (C=O) groups is 1. The quantitative estimate of drug-likeness (QED) is 0.779. The van der Waals surface area contributed by atoms with Gasteiger partial charge in [0, 0.05) is 10.6 Å². The number of rotatable bonds is 4. The van der Waals surface area contributed by atoms with Crippen LogP contribution in [0.5, 0.6) is 0 Å². The second-order valence-corrected chi connectivity index (χ2v) is 6.13. The molecule has 0 aliphatic rings. The summed E-state index contributed by atoms with van der Waals surface area (Å²) in [6.07, 6.45) is 0. The SMILES string of the molecule is Cc1ccc(C)c(Cn2nnc(C(=O)O)c2-c2cccc(Cl)c2)c1. The molecule has 0 bridgehead atoms. The van der Waals surface area contributed by atoms with Gasteiger partial charge < -0.3 is 5.11 Å². The Hall–Kier alpha value is -2.66. The van der Waals surface area contributed by atoms with E-state index in [1.807, 2.05) is 26.0 Å². The summed E-state index contributed by atoms with van der Waals surface area (Å²) in [7, 11) is 0. The summed E-state index contributed by atoms with van der Waals surface area (Å²) in [6, 6.07) is 13.2. The number of aromatic nitrogens is 3. The Morgan fingerprint density at radius 3 is 2.71 bits per heavy atom. The highest BCUT2D eigenvalue weighted by atomic mass is 35.5. The number of hydrogen-bond donors (Lipinski definition) is 1. The van der Waals surface area contributed by atoms with E-state index in [1.54, 1.807) is 28.9 Å². The van der Waals surface area contributed by atoms with Gasteiger partial charge in [-0.25, -0.2) is 9.48 Å². The van der Waals surface area contributed by atoms with Crippen molar-refractivity contribution in [3.05, 3.63) is 69.9 Å². The van der Waals surface area contributed by atoms with Gasteiger partial charge in [-0.3, -0.25) is 0 Å². The first-order valence-electron chi connectivity index (χ1n) is 7.44. The third-order valence-electron chi connectivity index (χ3n) is 3.86. The van der Waals surface area contributed by atoms with Crippen molar-refractivity contribution in [1.29, 1.82) is 0 Å². The van der Waals surface area contributed by atoms with E-state index in [0.717, 1.165) is 16.7 Å². The fraction of sp³-hybridized carbons (Fsp3) is 0.167. The van der Waals surface area contributed by atoms with Crippen LogP contribution >= 0.6 is 11.6 Å². The predicted octanol–water partition coefficient (Wildman–Crippen LogP) is 3.96. The van der Waals surface area contributed by atoms with Gasteiger partial charge in [0.05, 0.1) is 6.54 Å². The van der Waals surface area contributed by atoms with Crippen LogP contribution in [0.15, 0.2) is 42.5 Å². The second kappa shape index (κ2) is 6.45. The van der Waals surface area contributed by atoms with Crippen molar-refractivity contribution < 1.29 is 9.90 Å². The highest BCUT2D eigenvalue weighted by Crippen LogP contribution is 2.26. The fourth-order valence-corrected chi connectivity index (χ4v) is 2.81. The zero-order valence-electron chi connectivity index (χ0n) is 13.3. The lowest BCUT2D eigenvalue weighted by molar-refractivity contribution is 0.0691. The summed E-state index contributed by atoms with van der Waals surface area (Å²) in [5.41, 5.74) is 4.37. The van der Waals surface area contributed by atoms with Crippen LogP contribution in [0.3, 0.4) is 0 Å². The number of nitrogens with zero attached hydrogens (tertiary/aromatic N) is 3. The third-order valence-corrected chi connectivity index (χ3v) is 4.10. The van der Waals surface area contributed by atoms with Crippen LogP contribution in [0.2, 0.25) is 5.02 Å². The average molecular weight is 342 g/mol. The van der Waals surface area contributed by atoms with E-state index in [9.17, 15) is 9.90 Å². The molecule has 0 saturated heterocycles. The Balaban J connectivity index is 2.12. The molecule has 6 heteroatoms. The average Bonchev–Trinajstić information content (AvgIpc) is 2.95. The Labute approximate surface area is 144 Å². The molecule has 24 heavy (non-hydrogen) atoms. The summed E-state index contributed by atoms with van der Waals surface area (Å²) in [4.78, 5) is 11.5. The molecule has 0 fully saturated rings. The maximum atomic E-state index is 11.5. The number of benzene rings is 2. The molecule has 5 nitrogen and oxygen atoms in total. The molecule has 0 saturated carbocycles. The molecule has 0 unspecified atom stereocenters. The van der Waals surface area contributed by atoms with E-state index in [4.69, 9.17) is 11.6 Å². The van der Waals surface area contributed by atoms with Crippen molar-refractivity contribution in [2.24, 2.45) is 0 Å². The van der Waals surface area contributed by atoms with Gasteiger partial charge in [-0.2, -0.15) is 0 Å². The lowest BCUT2D eigenvalue weighted by atomic mass is 10.0. The number of aryl methyl sites for hydroxylation is 2. The van der Waals surface area contributed by atoms with Crippen LogP contribution in [-0.2, 0) is 6.54 Å². The van der Waals surface area contributed by atoms with E-state index in [1.165, 1.54) is 0 Å². The monoisotopic (exact) mass is 341 g/mol. The number of carboxylic acids is 1. The first kappa shape index (κ1) is 16.2. The van der Waals surface area contributed by atoms with E-state index in [0.29, 0.717) is 22.8 Å². The van der Waals surface area contributed by atoms with Crippen molar-refractivity contribution in [3.8, 4) is 11.3 Å². The molecule has 0 atom stereocenters. The Morgan fingerprint density at radius 2 is 2.00 bits per heavy atom. The molecule has 122 valence electrons. The molecule has 3 rings (SSSR count). The Kier molecular flexibility index (Phi) is 4.36. The van der Waals surface area contributed by atoms with Gasteiger partial charge in [0.25, 0.3) is 0 Å². The minimum atomic E-state index is -1.11. The molecule has 1 aromatic heterocycles. The number of carboxylic acid groups (broad SMARTS) is 1. The van der Waals surface area contributed by atoms with Gasteiger partial charge >= 0.3 is 5.97 Å². The van der Waals surface area contributed by atoms with E-state index in [-0.39, 0.29) is 5.69 Å². The molecule has 2 aromatic carbocycles. The molecule has 3 aromatic rings. The van der Waals surface area contributed by atoms with Crippen LogP contribution in [0.4, 0.5) is 0 Å². The molecule has 0 aliphatic carbocycles. The first-order valence-corrected chi connectivity index (χ1v) is 7.82. The number of halogens is 1. The van der Waals surface area contributed by atoms with Crippen LogP contribution < -0.4 is 0 Å². The van der Waals surface area contributed by atoms with E-state index in [2.05, 4.69) is 16.4 Å². The minimum Gasteiger partial charge on any atom is -0.476 e. The van der Waals surface area contributed by atoms with Gasteiger partial charge in [-0.15, -0.1) is 5.10 Å². The summed E-state index contributed by atoms with van der Waals surface area (Å²) in [5.74, 6) is -1.11. The molecule has 0 spiro atoms. The van der Waals surface area contributed by atoms with Crippen LogP contribution in [-0.4, -0.2) is 26.1 Å². The maximum absolute atomic E-state index is 11.5.